The number of ketones is 1. The summed E-state index contributed by atoms with van der Waals surface area (Å²) in [5, 5.41) is 0. The maximum absolute atomic E-state index is 12.6. The van der Waals surface area contributed by atoms with Gasteiger partial charge in [-0.05, 0) is 60.2 Å². The van der Waals surface area contributed by atoms with Crippen LogP contribution in [0.15, 0.2) is 84.9 Å². The molecule has 1 aliphatic rings. The van der Waals surface area contributed by atoms with Crippen molar-refractivity contribution in [1.82, 2.24) is 4.90 Å². The van der Waals surface area contributed by atoms with E-state index in [0.717, 1.165) is 18.7 Å². The maximum atomic E-state index is 12.6. The maximum Gasteiger partial charge on any atom is 0.260 e. The average molecular weight is 457 g/mol. The molecule has 1 amide bonds. The highest BCUT2D eigenvalue weighted by molar-refractivity contribution is 6.06. The number of amides is 1. The first-order valence-electron chi connectivity index (χ1n) is 11.3. The van der Waals surface area contributed by atoms with E-state index in [1.54, 1.807) is 49.6 Å². The monoisotopic (exact) mass is 456 g/mol. The lowest BCUT2D eigenvalue weighted by atomic mass is 10.1. The van der Waals surface area contributed by atoms with Crippen LogP contribution in [0.2, 0.25) is 0 Å². The third-order valence-electron chi connectivity index (χ3n) is 5.80. The van der Waals surface area contributed by atoms with Crippen molar-refractivity contribution >= 4 is 23.5 Å². The number of ether oxygens (including phenoxy) is 2. The Morgan fingerprint density at radius 1 is 0.824 bits per heavy atom. The number of hydrogen-bond donors (Lipinski definition) is 0. The molecule has 1 heterocycles. The Bertz CT molecular complexity index is 1120. The van der Waals surface area contributed by atoms with Crippen LogP contribution in [0.25, 0.3) is 6.08 Å². The summed E-state index contributed by atoms with van der Waals surface area (Å²) in [6.07, 6.45) is 3.30. The van der Waals surface area contributed by atoms with Gasteiger partial charge in [0.2, 0.25) is 0 Å². The predicted octanol–water partition coefficient (Wildman–Crippen LogP) is 4.32. The molecule has 0 atom stereocenters. The molecule has 0 aliphatic carbocycles. The van der Waals surface area contributed by atoms with Crippen LogP contribution in [0.5, 0.6) is 11.5 Å². The summed E-state index contributed by atoms with van der Waals surface area (Å²) in [6.45, 7) is 3.00. The topological polar surface area (TPSA) is 59.1 Å². The number of methoxy groups -OCH3 is 1. The van der Waals surface area contributed by atoms with Crippen LogP contribution in [0.3, 0.4) is 0 Å². The zero-order chi connectivity index (χ0) is 23.8. The zero-order valence-corrected chi connectivity index (χ0v) is 19.2. The van der Waals surface area contributed by atoms with Crippen molar-refractivity contribution in [2.45, 2.75) is 0 Å². The third kappa shape index (κ3) is 6.04. The van der Waals surface area contributed by atoms with Gasteiger partial charge in [0, 0.05) is 37.4 Å². The molecule has 0 unspecified atom stereocenters. The van der Waals surface area contributed by atoms with E-state index in [-0.39, 0.29) is 18.3 Å². The first kappa shape index (κ1) is 23.1. The van der Waals surface area contributed by atoms with Crippen LogP contribution in [-0.2, 0) is 4.79 Å². The van der Waals surface area contributed by atoms with Crippen LogP contribution >= 0.6 is 0 Å². The zero-order valence-electron chi connectivity index (χ0n) is 19.2. The van der Waals surface area contributed by atoms with Gasteiger partial charge in [0.1, 0.15) is 11.5 Å². The standard InChI is InChI=1S/C28H28N2O4/c1-33-25-14-10-23(11-15-25)27(31)16-9-22-7-12-26(13-8-22)34-21-28(32)30-19-17-29(18-20-30)24-5-3-2-4-6-24/h2-16H,17-21H2,1H3/b16-9-. The van der Waals surface area contributed by atoms with Gasteiger partial charge in [-0.1, -0.05) is 36.4 Å². The lowest BCUT2D eigenvalue weighted by molar-refractivity contribution is -0.133. The molecule has 3 aromatic carbocycles. The molecule has 6 heteroatoms. The van der Waals surface area contributed by atoms with Gasteiger partial charge in [-0.15, -0.1) is 0 Å². The number of piperazine rings is 1. The lowest BCUT2D eigenvalue weighted by Crippen LogP contribution is -2.50. The summed E-state index contributed by atoms with van der Waals surface area (Å²) in [7, 11) is 1.59. The third-order valence-corrected chi connectivity index (χ3v) is 5.80. The summed E-state index contributed by atoms with van der Waals surface area (Å²) in [5.41, 5.74) is 2.66. The molecule has 1 saturated heterocycles. The van der Waals surface area contributed by atoms with Gasteiger partial charge < -0.3 is 19.3 Å². The lowest BCUT2D eigenvalue weighted by Gasteiger charge is -2.36. The number of rotatable bonds is 8. The summed E-state index contributed by atoms with van der Waals surface area (Å²) in [4.78, 5) is 29.0. The van der Waals surface area contributed by atoms with Gasteiger partial charge >= 0.3 is 0 Å². The summed E-state index contributed by atoms with van der Waals surface area (Å²) in [5.74, 6) is 1.24. The highest BCUT2D eigenvalue weighted by Gasteiger charge is 2.21. The second-order valence-corrected chi connectivity index (χ2v) is 7.99. The molecule has 1 aliphatic heterocycles. The summed E-state index contributed by atoms with van der Waals surface area (Å²) < 4.78 is 10.8. The minimum atomic E-state index is -0.0825. The molecule has 6 nitrogen and oxygen atoms in total. The highest BCUT2D eigenvalue weighted by atomic mass is 16.5. The van der Waals surface area contributed by atoms with Crippen molar-refractivity contribution in [1.29, 1.82) is 0 Å². The Kier molecular flexibility index (Phi) is 7.60. The van der Waals surface area contributed by atoms with Crippen molar-refractivity contribution in [3.8, 4) is 11.5 Å². The largest absolute Gasteiger partial charge is 0.497 e. The minimum absolute atomic E-state index is 0.0104. The number of para-hydroxylation sites is 1. The van der Waals surface area contributed by atoms with Crippen LogP contribution in [0.4, 0.5) is 5.69 Å². The van der Waals surface area contributed by atoms with Crippen LogP contribution in [-0.4, -0.2) is 56.5 Å². The molecule has 1 fully saturated rings. The van der Waals surface area contributed by atoms with Crippen molar-refractivity contribution in [2.24, 2.45) is 0 Å². The second-order valence-electron chi connectivity index (χ2n) is 7.99. The van der Waals surface area contributed by atoms with Crippen molar-refractivity contribution in [3.05, 3.63) is 96.1 Å². The van der Waals surface area contributed by atoms with Crippen molar-refractivity contribution in [2.75, 3.05) is 44.8 Å². The van der Waals surface area contributed by atoms with Crippen LogP contribution in [0, 0.1) is 0 Å². The number of allylic oxidation sites excluding steroid dienone is 1. The van der Waals surface area contributed by atoms with E-state index in [9.17, 15) is 9.59 Å². The fourth-order valence-electron chi connectivity index (χ4n) is 3.79. The fraction of sp³-hybridized carbons (Fsp3) is 0.214. The van der Waals surface area contributed by atoms with Gasteiger partial charge in [0.05, 0.1) is 7.11 Å². The van der Waals surface area contributed by atoms with Crippen LogP contribution < -0.4 is 14.4 Å². The molecule has 0 saturated carbocycles. The van der Waals surface area contributed by atoms with Gasteiger partial charge in [-0.3, -0.25) is 9.59 Å². The normalized spacial score (nSPS) is 13.7. The molecule has 0 spiro atoms. The van der Waals surface area contributed by atoms with E-state index in [2.05, 4.69) is 17.0 Å². The van der Waals surface area contributed by atoms with Gasteiger partial charge in [-0.25, -0.2) is 0 Å². The Morgan fingerprint density at radius 3 is 2.12 bits per heavy atom. The minimum Gasteiger partial charge on any atom is -0.497 e. The molecule has 0 bridgehead atoms. The fourth-order valence-corrected chi connectivity index (χ4v) is 3.79. The molecular weight excluding hydrogens is 428 g/mol. The molecule has 0 radical (unpaired) electrons. The number of carbonyl (C=O) groups is 2. The van der Waals surface area contributed by atoms with E-state index >= 15 is 0 Å². The summed E-state index contributed by atoms with van der Waals surface area (Å²) >= 11 is 0. The first-order valence-corrected chi connectivity index (χ1v) is 11.3. The highest BCUT2D eigenvalue weighted by Crippen LogP contribution is 2.17. The van der Waals surface area contributed by atoms with E-state index in [1.165, 1.54) is 11.8 Å². The molecular formula is C28H28N2O4. The number of anilines is 1. The Hall–Kier alpha value is -4.06. The van der Waals surface area contributed by atoms with Gasteiger partial charge in [0.15, 0.2) is 12.4 Å². The molecule has 0 N–H and O–H groups in total. The van der Waals surface area contributed by atoms with E-state index in [4.69, 9.17) is 9.47 Å². The summed E-state index contributed by atoms with van der Waals surface area (Å²) in [6, 6.07) is 24.6. The van der Waals surface area contributed by atoms with Crippen molar-refractivity contribution < 1.29 is 19.1 Å². The smallest absolute Gasteiger partial charge is 0.260 e. The van der Waals surface area contributed by atoms with E-state index < -0.39 is 0 Å². The molecule has 0 aromatic heterocycles. The number of benzene rings is 3. The SMILES string of the molecule is COc1ccc(C(=O)/C=C\c2ccc(OCC(=O)N3CCN(c4ccccc4)CC3)cc2)cc1. The quantitative estimate of drug-likeness (QED) is 0.373. The molecule has 3 aromatic rings. The number of hydrogen-bond acceptors (Lipinski definition) is 5. The molecule has 4 rings (SSSR count). The first-order chi connectivity index (χ1) is 16.6. The number of carbonyl (C=O) groups excluding carboxylic acids is 2. The Morgan fingerprint density at radius 2 is 1.47 bits per heavy atom. The number of nitrogens with zero attached hydrogens (tertiary/aromatic N) is 2. The predicted molar refractivity (Wildman–Crippen MR) is 134 cm³/mol. The van der Waals surface area contributed by atoms with E-state index in [1.807, 2.05) is 35.2 Å². The molecule has 174 valence electrons. The average Bonchev–Trinajstić information content (AvgIpc) is 2.91. The Labute approximate surface area is 200 Å². The second kappa shape index (κ2) is 11.2. The Balaban J connectivity index is 1.23. The van der Waals surface area contributed by atoms with Crippen molar-refractivity contribution in [3.63, 3.8) is 0 Å². The molecule has 34 heavy (non-hydrogen) atoms. The van der Waals surface area contributed by atoms with E-state index in [0.29, 0.717) is 30.2 Å². The van der Waals surface area contributed by atoms with Gasteiger partial charge in [0.25, 0.3) is 5.91 Å². The van der Waals surface area contributed by atoms with Crippen LogP contribution in [0.1, 0.15) is 15.9 Å². The van der Waals surface area contributed by atoms with Gasteiger partial charge in [-0.2, -0.15) is 0 Å².